The lowest BCUT2D eigenvalue weighted by Gasteiger charge is -2.09. The average Bonchev–Trinajstić information content (AvgIpc) is 2.34. The molecule has 0 saturated carbocycles. The van der Waals surface area contributed by atoms with Crippen molar-refractivity contribution in [3.05, 3.63) is 30.3 Å². The highest BCUT2D eigenvalue weighted by Crippen LogP contribution is 2.40. The van der Waals surface area contributed by atoms with Crippen LogP contribution in [0.4, 0.5) is 0 Å². The summed E-state index contributed by atoms with van der Waals surface area (Å²) in [6.07, 6.45) is 9.28. The van der Waals surface area contributed by atoms with Gasteiger partial charge in [0.15, 0.2) is 0 Å². The molecule has 0 N–H and O–H groups in total. The van der Waals surface area contributed by atoms with Gasteiger partial charge in [-0.1, -0.05) is 80.6 Å². The first kappa shape index (κ1) is 14.0. The van der Waals surface area contributed by atoms with Crippen LogP contribution in [0.5, 0.6) is 0 Å². The summed E-state index contributed by atoms with van der Waals surface area (Å²) in [5, 5.41) is 1.33. The van der Waals surface area contributed by atoms with Crippen LogP contribution in [0.1, 0.15) is 45.4 Å². The van der Waals surface area contributed by atoms with E-state index in [0.717, 1.165) is 0 Å². The van der Waals surface area contributed by atoms with Crippen molar-refractivity contribution in [3.8, 4) is 0 Å². The van der Waals surface area contributed by atoms with Crippen molar-refractivity contribution in [2.75, 3.05) is 6.16 Å². The first-order chi connectivity index (χ1) is 7.84. The highest BCUT2D eigenvalue weighted by molar-refractivity contribution is 7.89. The molecule has 0 amide bonds. The van der Waals surface area contributed by atoms with Crippen molar-refractivity contribution < 1.29 is 0 Å². The van der Waals surface area contributed by atoms with Gasteiger partial charge in [-0.3, -0.25) is 0 Å². The van der Waals surface area contributed by atoms with Crippen molar-refractivity contribution in [2.45, 2.75) is 45.4 Å². The van der Waals surface area contributed by atoms with Gasteiger partial charge in [-0.2, -0.15) is 0 Å². The minimum absolute atomic E-state index is 0.428. The molecule has 2 heteroatoms. The predicted molar refractivity (Wildman–Crippen MR) is 77.1 cm³/mol. The molecule has 16 heavy (non-hydrogen) atoms. The third-order valence-electron chi connectivity index (χ3n) is 2.74. The molecule has 1 atom stereocenters. The minimum Gasteiger partial charge on any atom is -0.0912 e. The smallest absolute Gasteiger partial charge is 0.0212 e. The summed E-state index contributed by atoms with van der Waals surface area (Å²) >= 11 is 6.41. The van der Waals surface area contributed by atoms with Crippen LogP contribution in [0, 0.1) is 0 Å². The molecule has 0 bridgehead atoms. The van der Waals surface area contributed by atoms with Gasteiger partial charge in [-0.25, -0.2) is 0 Å². The second-order valence-corrected chi connectivity index (χ2v) is 7.10. The van der Waals surface area contributed by atoms with E-state index in [4.69, 9.17) is 11.2 Å². The predicted octanol–water partition coefficient (Wildman–Crippen LogP) is 5.31. The molecule has 0 saturated heterocycles. The molecule has 0 nitrogen and oxygen atoms in total. The molecule has 0 aromatic heterocycles. The Balaban J connectivity index is 2.09. The fourth-order valence-corrected chi connectivity index (χ4v) is 3.70. The van der Waals surface area contributed by atoms with E-state index >= 15 is 0 Å². The molecule has 90 valence electrons. The molecule has 0 heterocycles. The van der Waals surface area contributed by atoms with Gasteiger partial charge >= 0.3 is 0 Å². The molecule has 0 spiro atoms. The maximum Gasteiger partial charge on any atom is 0.0212 e. The van der Waals surface area contributed by atoms with Gasteiger partial charge < -0.3 is 0 Å². The fraction of sp³-hybridized carbons (Fsp3) is 0.571. The Morgan fingerprint density at radius 1 is 0.938 bits per heavy atom. The zero-order valence-corrected chi connectivity index (χ0v) is 11.8. The maximum absolute atomic E-state index is 6.41. The quantitative estimate of drug-likeness (QED) is 0.437. The Bertz CT molecular complexity index is 261. The molecular formula is C14H22ClP. The number of rotatable bonds is 8. The van der Waals surface area contributed by atoms with Crippen LogP contribution >= 0.6 is 18.5 Å². The number of hydrogen-bond donors (Lipinski definition) is 0. The first-order valence-electron chi connectivity index (χ1n) is 6.33. The molecule has 0 aliphatic carbocycles. The summed E-state index contributed by atoms with van der Waals surface area (Å²) < 4.78 is 0. The van der Waals surface area contributed by atoms with Gasteiger partial charge in [-0.05, 0) is 17.9 Å². The molecule has 0 aliphatic heterocycles. The summed E-state index contributed by atoms with van der Waals surface area (Å²) in [6, 6.07) is 10.5. The fourth-order valence-electron chi connectivity index (χ4n) is 1.75. The van der Waals surface area contributed by atoms with Gasteiger partial charge in [0.25, 0.3) is 0 Å². The van der Waals surface area contributed by atoms with E-state index in [1.165, 1.54) is 50.0 Å². The standard InChI is InChI=1S/C14H22ClP/c1-2-3-4-5-6-10-13-16(15)14-11-8-7-9-12-14/h7-9,11-12H,2-6,10,13H2,1H3. The van der Waals surface area contributed by atoms with Crippen LogP contribution in [-0.4, -0.2) is 6.16 Å². The van der Waals surface area contributed by atoms with Gasteiger partial charge in [0, 0.05) is 7.27 Å². The van der Waals surface area contributed by atoms with Crippen molar-refractivity contribution >= 4 is 23.8 Å². The summed E-state index contributed by atoms with van der Waals surface area (Å²) in [5.74, 6) is 0. The van der Waals surface area contributed by atoms with Gasteiger partial charge in [0.2, 0.25) is 0 Å². The number of halogens is 1. The van der Waals surface area contributed by atoms with Gasteiger partial charge in [0.1, 0.15) is 0 Å². The van der Waals surface area contributed by atoms with E-state index in [0.29, 0.717) is 0 Å². The molecule has 1 aromatic rings. The Labute approximate surface area is 106 Å². The van der Waals surface area contributed by atoms with Crippen LogP contribution in [-0.2, 0) is 0 Å². The van der Waals surface area contributed by atoms with E-state index in [1.54, 1.807) is 0 Å². The molecule has 1 rings (SSSR count). The van der Waals surface area contributed by atoms with Gasteiger partial charge in [0.05, 0.1) is 0 Å². The van der Waals surface area contributed by atoms with Crippen LogP contribution < -0.4 is 5.30 Å². The maximum atomic E-state index is 6.41. The van der Waals surface area contributed by atoms with E-state index in [9.17, 15) is 0 Å². The molecule has 0 aliphatic rings. The molecule has 1 unspecified atom stereocenters. The van der Waals surface area contributed by atoms with Crippen LogP contribution in [0.3, 0.4) is 0 Å². The third-order valence-corrected chi connectivity index (χ3v) is 5.40. The third kappa shape index (κ3) is 5.87. The second-order valence-electron chi connectivity index (χ2n) is 4.19. The number of hydrogen-bond acceptors (Lipinski definition) is 0. The first-order valence-corrected chi connectivity index (χ1v) is 8.76. The summed E-state index contributed by atoms with van der Waals surface area (Å²) in [5.41, 5.74) is 0. The van der Waals surface area contributed by atoms with Crippen molar-refractivity contribution in [1.29, 1.82) is 0 Å². The summed E-state index contributed by atoms with van der Waals surface area (Å²) in [7, 11) is -0.428. The lowest BCUT2D eigenvalue weighted by molar-refractivity contribution is 0.626. The van der Waals surface area contributed by atoms with Crippen molar-refractivity contribution in [1.82, 2.24) is 0 Å². The largest absolute Gasteiger partial charge is 0.0912 e. The van der Waals surface area contributed by atoms with E-state index < -0.39 is 7.27 Å². The molecule has 0 fully saturated rings. The second kappa shape index (κ2) is 9.02. The van der Waals surface area contributed by atoms with Crippen LogP contribution in [0.25, 0.3) is 0 Å². The van der Waals surface area contributed by atoms with E-state index in [1.807, 2.05) is 6.07 Å². The minimum atomic E-state index is -0.428. The zero-order chi connectivity index (χ0) is 11.6. The topological polar surface area (TPSA) is 0 Å². The monoisotopic (exact) mass is 256 g/mol. The number of benzene rings is 1. The highest BCUT2D eigenvalue weighted by atomic mass is 35.7. The lowest BCUT2D eigenvalue weighted by atomic mass is 10.1. The molecule has 0 radical (unpaired) electrons. The Morgan fingerprint density at radius 3 is 2.25 bits per heavy atom. The van der Waals surface area contributed by atoms with Gasteiger partial charge in [-0.15, -0.1) is 0 Å². The normalized spacial score (nSPS) is 12.6. The van der Waals surface area contributed by atoms with Crippen LogP contribution in [0.15, 0.2) is 30.3 Å². The van der Waals surface area contributed by atoms with Crippen molar-refractivity contribution in [2.24, 2.45) is 0 Å². The summed E-state index contributed by atoms with van der Waals surface area (Å²) in [4.78, 5) is 0. The SMILES string of the molecule is CCCCCCCCP(Cl)c1ccccc1. The Hall–Kier alpha value is -0.0600. The van der Waals surface area contributed by atoms with E-state index in [2.05, 4.69) is 31.2 Å². The van der Waals surface area contributed by atoms with Crippen molar-refractivity contribution in [3.63, 3.8) is 0 Å². The summed E-state index contributed by atoms with van der Waals surface area (Å²) in [6.45, 7) is 2.26. The average molecular weight is 257 g/mol. The zero-order valence-electron chi connectivity index (χ0n) is 10.2. The van der Waals surface area contributed by atoms with Crippen LogP contribution in [0.2, 0.25) is 0 Å². The Morgan fingerprint density at radius 2 is 1.56 bits per heavy atom. The molecule has 1 aromatic carbocycles. The molecular weight excluding hydrogens is 235 g/mol. The van der Waals surface area contributed by atoms with E-state index in [-0.39, 0.29) is 0 Å². The lowest BCUT2D eigenvalue weighted by Crippen LogP contribution is -1.98. The Kier molecular flexibility index (Phi) is 7.89. The highest BCUT2D eigenvalue weighted by Gasteiger charge is 2.05. The number of unbranched alkanes of at least 4 members (excludes halogenated alkanes) is 5.